The summed E-state index contributed by atoms with van der Waals surface area (Å²) in [5.74, 6) is 0. The largest absolute Gasteiger partial charge is 0.480 e. The minimum Gasteiger partial charge on any atom is -0.429 e. The summed E-state index contributed by atoms with van der Waals surface area (Å²) < 4.78 is 51.8. The summed E-state index contributed by atoms with van der Waals surface area (Å²) in [7, 11) is -3.21. The lowest BCUT2D eigenvalue weighted by molar-refractivity contribution is -0.0395. The zero-order chi connectivity index (χ0) is 11.1. The van der Waals surface area contributed by atoms with Crippen LogP contribution < -0.4 is 0 Å². The number of oxazole rings is 1. The maximum atomic E-state index is 12.1. The Hall–Kier alpha value is -1.37. The van der Waals surface area contributed by atoms with Crippen molar-refractivity contribution in [3.8, 4) is 0 Å². The van der Waals surface area contributed by atoms with E-state index in [2.05, 4.69) is 4.98 Å². The second kappa shape index (κ2) is 3.34. The SMILES string of the molecule is O=S(c1nc2ccccc2o1)C(F)(F)F. The molecule has 0 saturated heterocycles. The molecule has 0 bridgehead atoms. The molecule has 2 aromatic rings. The van der Waals surface area contributed by atoms with E-state index >= 15 is 0 Å². The lowest BCUT2D eigenvalue weighted by atomic mass is 10.3. The molecule has 0 N–H and O–H groups in total. The van der Waals surface area contributed by atoms with Crippen LogP contribution in [0, 0.1) is 0 Å². The molecule has 1 aromatic carbocycles. The average molecular weight is 235 g/mol. The second-order valence-corrected chi connectivity index (χ2v) is 4.01. The third-order valence-corrected chi connectivity index (χ3v) is 2.56. The first-order chi connectivity index (χ1) is 6.98. The number of hydrogen-bond acceptors (Lipinski definition) is 3. The molecule has 0 amide bonds. The number of fused-ring (bicyclic) bond motifs is 1. The van der Waals surface area contributed by atoms with Crippen LogP contribution in [0.1, 0.15) is 0 Å². The van der Waals surface area contributed by atoms with Crippen molar-refractivity contribution in [2.45, 2.75) is 10.7 Å². The second-order valence-electron chi connectivity index (χ2n) is 2.66. The van der Waals surface area contributed by atoms with Crippen molar-refractivity contribution in [2.24, 2.45) is 0 Å². The van der Waals surface area contributed by atoms with Gasteiger partial charge in [-0.2, -0.15) is 13.2 Å². The van der Waals surface area contributed by atoms with E-state index < -0.39 is 21.5 Å². The van der Waals surface area contributed by atoms with Gasteiger partial charge in [-0.1, -0.05) is 12.1 Å². The summed E-state index contributed by atoms with van der Waals surface area (Å²) in [5, 5.41) is -0.816. The molecule has 0 radical (unpaired) electrons. The van der Waals surface area contributed by atoms with Crippen LogP contribution in [0.3, 0.4) is 0 Å². The predicted molar refractivity (Wildman–Crippen MR) is 46.5 cm³/mol. The van der Waals surface area contributed by atoms with Crippen molar-refractivity contribution in [1.29, 1.82) is 0 Å². The number of aromatic nitrogens is 1. The lowest BCUT2D eigenvalue weighted by Gasteiger charge is -2.00. The molecule has 7 heteroatoms. The van der Waals surface area contributed by atoms with Crippen LogP contribution in [0.15, 0.2) is 33.9 Å². The molecule has 80 valence electrons. The van der Waals surface area contributed by atoms with Crippen molar-refractivity contribution < 1.29 is 21.8 Å². The van der Waals surface area contributed by atoms with Gasteiger partial charge in [0.05, 0.1) is 0 Å². The lowest BCUT2D eigenvalue weighted by Crippen LogP contribution is -2.16. The van der Waals surface area contributed by atoms with Gasteiger partial charge in [0.2, 0.25) is 10.8 Å². The van der Waals surface area contributed by atoms with Crippen LogP contribution in [0.5, 0.6) is 0 Å². The van der Waals surface area contributed by atoms with Crippen molar-refractivity contribution in [3.63, 3.8) is 0 Å². The minimum atomic E-state index is -4.85. The molecule has 1 aromatic heterocycles. The Kier molecular flexibility index (Phi) is 2.26. The number of halogens is 3. The Balaban J connectivity index is 2.50. The van der Waals surface area contributed by atoms with Crippen LogP contribution in [0.25, 0.3) is 11.1 Å². The topological polar surface area (TPSA) is 43.1 Å². The zero-order valence-corrected chi connectivity index (χ0v) is 7.93. The van der Waals surface area contributed by atoms with E-state index in [1.165, 1.54) is 12.1 Å². The van der Waals surface area contributed by atoms with E-state index in [4.69, 9.17) is 4.42 Å². The van der Waals surface area contributed by atoms with Gasteiger partial charge in [-0.25, -0.2) is 9.19 Å². The highest BCUT2D eigenvalue weighted by atomic mass is 32.2. The first-order valence-corrected chi connectivity index (χ1v) is 4.97. The standard InChI is InChI=1S/C8H4F3NO2S/c9-8(10,11)15(13)7-12-5-3-1-2-4-6(5)14-7/h1-4H. The number of nitrogens with zero attached hydrogens (tertiary/aromatic N) is 1. The van der Waals surface area contributed by atoms with E-state index in [9.17, 15) is 17.4 Å². The summed E-state index contributed by atoms with van der Waals surface area (Å²) in [6.45, 7) is 0. The Morgan fingerprint density at radius 3 is 2.53 bits per heavy atom. The van der Waals surface area contributed by atoms with Crippen LogP contribution in [0.2, 0.25) is 0 Å². The van der Waals surface area contributed by atoms with Gasteiger partial charge in [-0.3, -0.25) is 0 Å². The Bertz CT molecular complexity index is 487. The van der Waals surface area contributed by atoms with Crippen LogP contribution in [-0.4, -0.2) is 14.7 Å². The van der Waals surface area contributed by atoms with Crippen LogP contribution in [-0.2, 0) is 10.8 Å². The number of rotatable bonds is 1. The van der Waals surface area contributed by atoms with E-state index in [0.717, 1.165) is 0 Å². The van der Waals surface area contributed by atoms with Gasteiger partial charge in [0.25, 0.3) is 5.22 Å². The molecule has 3 nitrogen and oxygen atoms in total. The van der Waals surface area contributed by atoms with Gasteiger partial charge in [0.1, 0.15) is 5.52 Å². The fraction of sp³-hybridized carbons (Fsp3) is 0.125. The highest BCUT2D eigenvalue weighted by molar-refractivity contribution is 7.85. The summed E-state index contributed by atoms with van der Waals surface area (Å²) in [5.41, 5.74) is -4.41. The van der Waals surface area contributed by atoms with Crippen LogP contribution >= 0.6 is 0 Å². The van der Waals surface area contributed by atoms with E-state index in [-0.39, 0.29) is 11.1 Å². The fourth-order valence-corrected chi connectivity index (χ4v) is 1.57. The number of benzene rings is 1. The molecule has 1 heterocycles. The summed E-state index contributed by atoms with van der Waals surface area (Å²) >= 11 is 0. The first kappa shape index (κ1) is 10.2. The summed E-state index contributed by atoms with van der Waals surface area (Å²) in [6.07, 6.45) is 0. The summed E-state index contributed by atoms with van der Waals surface area (Å²) in [4.78, 5) is 3.49. The van der Waals surface area contributed by atoms with Crippen molar-refractivity contribution in [1.82, 2.24) is 4.98 Å². The minimum absolute atomic E-state index is 0.185. The van der Waals surface area contributed by atoms with E-state index in [0.29, 0.717) is 0 Å². The molecule has 0 aliphatic carbocycles. The Morgan fingerprint density at radius 1 is 1.27 bits per heavy atom. The van der Waals surface area contributed by atoms with Gasteiger partial charge in [-0.15, -0.1) is 0 Å². The van der Waals surface area contributed by atoms with Crippen molar-refractivity contribution in [3.05, 3.63) is 24.3 Å². The van der Waals surface area contributed by atoms with Gasteiger partial charge in [-0.05, 0) is 12.1 Å². The zero-order valence-electron chi connectivity index (χ0n) is 7.12. The molecular weight excluding hydrogens is 231 g/mol. The Labute approximate surface area is 84.4 Å². The summed E-state index contributed by atoms with van der Waals surface area (Å²) in [6, 6.07) is 6.13. The van der Waals surface area contributed by atoms with E-state index in [1.807, 2.05) is 0 Å². The molecule has 2 rings (SSSR count). The van der Waals surface area contributed by atoms with Gasteiger partial charge in [0, 0.05) is 0 Å². The molecule has 0 fully saturated rings. The van der Waals surface area contributed by atoms with Gasteiger partial charge < -0.3 is 4.42 Å². The van der Waals surface area contributed by atoms with Crippen LogP contribution in [0.4, 0.5) is 13.2 Å². The molecule has 0 spiro atoms. The van der Waals surface area contributed by atoms with Gasteiger partial charge in [0.15, 0.2) is 5.58 Å². The molecule has 1 atom stereocenters. The first-order valence-electron chi connectivity index (χ1n) is 3.82. The van der Waals surface area contributed by atoms with Crippen molar-refractivity contribution >= 4 is 21.9 Å². The smallest absolute Gasteiger partial charge is 0.429 e. The molecular formula is C8H4F3NO2S. The predicted octanol–water partition coefficient (Wildman–Crippen LogP) is 2.46. The molecule has 15 heavy (non-hydrogen) atoms. The molecule has 0 saturated carbocycles. The molecule has 0 aliphatic heterocycles. The maximum Gasteiger partial charge on any atom is 0.480 e. The quantitative estimate of drug-likeness (QED) is 0.762. The normalized spacial score (nSPS) is 14.3. The van der Waals surface area contributed by atoms with E-state index in [1.54, 1.807) is 12.1 Å². The number of hydrogen-bond donors (Lipinski definition) is 0. The maximum absolute atomic E-state index is 12.1. The average Bonchev–Trinajstić information content (AvgIpc) is 2.58. The Morgan fingerprint density at radius 2 is 1.93 bits per heavy atom. The monoisotopic (exact) mass is 235 g/mol. The van der Waals surface area contributed by atoms with Crippen molar-refractivity contribution in [2.75, 3.05) is 0 Å². The molecule has 0 aliphatic rings. The third kappa shape index (κ3) is 1.87. The third-order valence-electron chi connectivity index (χ3n) is 1.64. The molecule has 1 unspecified atom stereocenters. The number of para-hydroxylation sites is 2. The highest BCUT2D eigenvalue weighted by Crippen LogP contribution is 2.27. The number of alkyl halides is 3. The fourth-order valence-electron chi connectivity index (χ4n) is 1.03. The van der Waals surface area contributed by atoms with Gasteiger partial charge >= 0.3 is 5.51 Å². The highest BCUT2D eigenvalue weighted by Gasteiger charge is 2.41.